The van der Waals surface area contributed by atoms with Gasteiger partial charge in [-0.3, -0.25) is 0 Å². The fourth-order valence-corrected chi connectivity index (χ4v) is 4.29. The van der Waals surface area contributed by atoms with Crippen LogP contribution in [0.25, 0.3) is 39.3 Å². The second-order valence-electron chi connectivity index (χ2n) is 8.08. The third-order valence-electron chi connectivity index (χ3n) is 5.90. The van der Waals surface area contributed by atoms with E-state index in [9.17, 15) is 19.0 Å². The number of phenolic OH excluding ortho intramolecular Hbond substituents is 2. The Morgan fingerprint density at radius 1 is 0.824 bits per heavy atom. The highest BCUT2D eigenvalue weighted by Crippen LogP contribution is 2.36. The second-order valence-corrected chi connectivity index (χ2v) is 8.08. The molecule has 5 nitrogen and oxygen atoms in total. The Balaban J connectivity index is 1.70. The molecule has 5 rings (SSSR count). The molecule has 2 aromatic heterocycles. The molecule has 0 aliphatic rings. The van der Waals surface area contributed by atoms with Crippen LogP contribution < -0.4 is 0 Å². The summed E-state index contributed by atoms with van der Waals surface area (Å²) < 4.78 is 28.8. The number of benzene rings is 3. The Morgan fingerprint density at radius 2 is 1.47 bits per heavy atom. The molecular formula is C27H21F2N3O2. The smallest absolute Gasteiger partial charge is 0.156 e. The fourth-order valence-electron chi connectivity index (χ4n) is 4.29. The highest BCUT2D eigenvalue weighted by atomic mass is 19.1. The van der Waals surface area contributed by atoms with Crippen molar-refractivity contribution in [1.82, 2.24) is 14.6 Å². The van der Waals surface area contributed by atoms with Crippen LogP contribution in [0.5, 0.6) is 11.5 Å². The Morgan fingerprint density at radius 3 is 2.12 bits per heavy atom. The average molecular weight is 457 g/mol. The van der Waals surface area contributed by atoms with E-state index in [4.69, 9.17) is 10.1 Å². The maximum absolute atomic E-state index is 13.7. The Hall–Kier alpha value is -4.26. The number of phenols is 2. The van der Waals surface area contributed by atoms with Gasteiger partial charge < -0.3 is 10.2 Å². The zero-order valence-electron chi connectivity index (χ0n) is 18.5. The lowest BCUT2D eigenvalue weighted by atomic mass is 10.0. The van der Waals surface area contributed by atoms with Crippen molar-refractivity contribution in [3.05, 3.63) is 89.6 Å². The third kappa shape index (κ3) is 3.65. The van der Waals surface area contributed by atoms with Crippen molar-refractivity contribution in [2.75, 3.05) is 0 Å². The molecule has 7 heteroatoms. The van der Waals surface area contributed by atoms with Gasteiger partial charge in [0.2, 0.25) is 0 Å². The van der Waals surface area contributed by atoms with Crippen molar-refractivity contribution >= 4 is 5.65 Å². The van der Waals surface area contributed by atoms with Crippen LogP contribution in [0.3, 0.4) is 0 Å². The average Bonchev–Trinajstić information content (AvgIpc) is 3.22. The number of hydrogen-bond donors (Lipinski definition) is 2. The quantitative estimate of drug-likeness (QED) is 0.333. The molecule has 5 aromatic rings. The number of fused-ring (bicyclic) bond motifs is 1. The van der Waals surface area contributed by atoms with Crippen LogP contribution in [0.1, 0.15) is 18.2 Å². The summed E-state index contributed by atoms with van der Waals surface area (Å²) in [4.78, 5) is 4.69. The van der Waals surface area contributed by atoms with E-state index in [1.807, 2.05) is 44.2 Å². The number of rotatable bonds is 4. The number of nitrogens with zero attached hydrogens (tertiary/aromatic N) is 3. The van der Waals surface area contributed by atoms with E-state index in [1.54, 1.807) is 4.52 Å². The molecular weight excluding hydrogens is 436 g/mol. The van der Waals surface area contributed by atoms with E-state index in [-0.39, 0.29) is 11.5 Å². The summed E-state index contributed by atoms with van der Waals surface area (Å²) in [6, 6.07) is 17.1. The van der Waals surface area contributed by atoms with Gasteiger partial charge in [0.1, 0.15) is 23.1 Å². The fraction of sp³-hybridized carbons (Fsp3) is 0.111. The number of hydrogen-bond acceptors (Lipinski definition) is 4. The van der Waals surface area contributed by atoms with Crippen molar-refractivity contribution in [3.8, 4) is 45.1 Å². The molecule has 0 saturated heterocycles. The second kappa shape index (κ2) is 8.26. The van der Waals surface area contributed by atoms with Crippen molar-refractivity contribution < 1.29 is 19.0 Å². The molecule has 0 saturated carbocycles. The first-order valence-electron chi connectivity index (χ1n) is 10.8. The number of halogens is 2. The molecule has 0 radical (unpaired) electrons. The molecule has 0 aliphatic heterocycles. The van der Waals surface area contributed by atoms with Gasteiger partial charge in [0.15, 0.2) is 5.65 Å². The first-order valence-corrected chi connectivity index (χ1v) is 10.8. The molecule has 0 bridgehead atoms. The first kappa shape index (κ1) is 21.6. The SMILES string of the molecule is CCc1c(C)nc2cc(-c3cccc(-c4ccc(F)cc4O)c3)nn2c1-c1ccc(F)cc1O. The van der Waals surface area contributed by atoms with Crippen molar-refractivity contribution in [1.29, 1.82) is 0 Å². The van der Waals surface area contributed by atoms with Crippen LogP contribution in [0.2, 0.25) is 0 Å². The normalized spacial score (nSPS) is 11.3. The van der Waals surface area contributed by atoms with E-state index in [2.05, 4.69) is 0 Å². The van der Waals surface area contributed by atoms with Crippen LogP contribution in [0.15, 0.2) is 66.7 Å². The summed E-state index contributed by atoms with van der Waals surface area (Å²) >= 11 is 0. The summed E-state index contributed by atoms with van der Waals surface area (Å²) in [6.45, 7) is 3.89. The molecule has 0 fully saturated rings. The van der Waals surface area contributed by atoms with Crippen molar-refractivity contribution in [3.63, 3.8) is 0 Å². The highest BCUT2D eigenvalue weighted by Gasteiger charge is 2.19. The molecule has 0 aliphatic carbocycles. The van der Waals surface area contributed by atoms with Gasteiger partial charge in [0.25, 0.3) is 0 Å². The third-order valence-corrected chi connectivity index (χ3v) is 5.90. The molecule has 0 amide bonds. The first-order chi connectivity index (χ1) is 16.4. The standard InChI is InChI=1S/C27H21F2N3O2/c1-3-20-15(2)30-26-14-23(31-32(26)27(20)22-10-8-19(29)13-25(22)34)17-6-4-5-16(11-17)21-9-7-18(28)12-24(21)33/h4-14,33-34H,3H2,1-2H3. The maximum atomic E-state index is 13.7. The minimum atomic E-state index is -0.525. The highest BCUT2D eigenvalue weighted by molar-refractivity contribution is 5.78. The molecule has 0 spiro atoms. The molecule has 3 aromatic carbocycles. The maximum Gasteiger partial charge on any atom is 0.156 e. The van der Waals surface area contributed by atoms with E-state index in [0.717, 1.165) is 29.0 Å². The lowest BCUT2D eigenvalue weighted by Crippen LogP contribution is -2.05. The predicted molar refractivity (Wildman–Crippen MR) is 127 cm³/mol. The summed E-state index contributed by atoms with van der Waals surface area (Å²) in [5.74, 6) is -1.36. The summed E-state index contributed by atoms with van der Waals surface area (Å²) in [5.41, 5.74) is 6.02. The molecule has 2 N–H and O–H groups in total. The number of aryl methyl sites for hydroxylation is 1. The minimum Gasteiger partial charge on any atom is -0.507 e. The topological polar surface area (TPSA) is 70.7 Å². The monoisotopic (exact) mass is 457 g/mol. The van der Waals surface area contributed by atoms with Crippen LogP contribution in [-0.4, -0.2) is 24.8 Å². The lowest BCUT2D eigenvalue weighted by Gasteiger charge is -2.14. The zero-order valence-corrected chi connectivity index (χ0v) is 18.5. The number of aromatic hydroxyl groups is 2. The van der Waals surface area contributed by atoms with Gasteiger partial charge in [-0.25, -0.2) is 18.3 Å². The summed E-state index contributed by atoms with van der Waals surface area (Å²) in [5, 5.41) is 25.5. The Bertz CT molecular complexity index is 1560. The largest absolute Gasteiger partial charge is 0.507 e. The van der Waals surface area contributed by atoms with Gasteiger partial charge in [0.05, 0.1) is 11.4 Å². The lowest BCUT2D eigenvalue weighted by molar-refractivity contribution is 0.470. The minimum absolute atomic E-state index is 0.147. The van der Waals surface area contributed by atoms with E-state index < -0.39 is 11.6 Å². The van der Waals surface area contributed by atoms with Crippen LogP contribution >= 0.6 is 0 Å². The van der Waals surface area contributed by atoms with Gasteiger partial charge in [-0.2, -0.15) is 5.10 Å². The van der Waals surface area contributed by atoms with Crippen molar-refractivity contribution in [2.45, 2.75) is 20.3 Å². The van der Waals surface area contributed by atoms with Gasteiger partial charge >= 0.3 is 0 Å². The number of aromatic nitrogens is 3. The van der Waals surface area contributed by atoms with E-state index in [0.29, 0.717) is 40.1 Å². The Kier molecular flexibility index (Phi) is 5.24. The van der Waals surface area contributed by atoms with Crippen molar-refractivity contribution in [2.24, 2.45) is 0 Å². The van der Waals surface area contributed by atoms with Gasteiger partial charge in [-0.15, -0.1) is 0 Å². The van der Waals surface area contributed by atoms with Crippen LogP contribution in [0.4, 0.5) is 8.78 Å². The Labute approximate surface area is 194 Å². The van der Waals surface area contributed by atoms with Gasteiger partial charge in [-0.1, -0.05) is 25.1 Å². The molecule has 170 valence electrons. The molecule has 0 atom stereocenters. The predicted octanol–water partition coefficient (Wildman–Crippen LogP) is 6.29. The van der Waals surface area contributed by atoms with Gasteiger partial charge in [0, 0.05) is 40.6 Å². The molecule has 0 unspecified atom stereocenters. The summed E-state index contributed by atoms with van der Waals surface area (Å²) in [7, 11) is 0. The van der Waals surface area contributed by atoms with E-state index >= 15 is 0 Å². The van der Waals surface area contributed by atoms with Gasteiger partial charge in [-0.05, 0) is 54.8 Å². The molecule has 2 heterocycles. The van der Waals surface area contributed by atoms with Crippen LogP contribution in [0, 0.1) is 18.6 Å². The van der Waals surface area contributed by atoms with E-state index in [1.165, 1.54) is 24.3 Å². The summed E-state index contributed by atoms with van der Waals surface area (Å²) in [6.07, 6.45) is 0.648. The zero-order chi connectivity index (χ0) is 24.0. The molecule has 34 heavy (non-hydrogen) atoms. The van der Waals surface area contributed by atoms with Crippen LogP contribution in [-0.2, 0) is 6.42 Å².